The summed E-state index contributed by atoms with van der Waals surface area (Å²) in [5.74, 6) is -1.63. The van der Waals surface area contributed by atoms with Crippen molar-refractivity contribution in [2.75, 3.05) is 6.61 Å². The maximum Gasteiger partial charge on any atom is 0.358 e. The number of aromatic nitrogens is 4. The molecule has 0 aliphatic rings. The van der Waals surface area contributed by atoms with Crippen LogP contribution < -0.4 is 0 Å². The Morgan fingerprint density at radius 3 is 2.39 bits per heavy atom. The lowest BCUT2D eigenvalue weighted by atomic mass is 10.1. The van der Waals surface area contributed by atoms with Crippen LogP contribution in [0.1, 0.15) is 54.7 Å². The van der Waals surface area contributed by atoms with Crippen molar-refractivity contribution in [3.8, 4) is 0 Å². The summed E-state index contributed by atoms with van der Waals surface area (Å²) in [4.78, 5) is 22.9. The summed E-state index contributed by atoms with van der Waals surface area (Å²) in [6.07, 6.45) is 3.27. The number of carbonyl (C=O) groups excluding carboxylic acids is 1. The molecule has 2 rings (SSSR count). The Balaban J connectivity index is 2.02. The van der Waals surface area contributed by atoms with Crippen molar-refractivity contribution in [3.05, 3.63) is 35.9 Å². The number of carboxylic acid groups (broad SMARTS) is 1. The van der Waals surface area contributed by atoms with Gasteiger partial charge in [0.25, 0.3) is 0 Å². The number of carbonyl (C=O) groups is 2. The van der Waals surface area contributed by atoms with Gasteiger partial charge in [-0.2, -0.15) is 10.2 Å². The van der Waals surface area contributed by atoms with E-state index >= 15 is 0 Å². The van der Waals surface area contributed by atoms with Crippen LogP contribution in [0.15, 0.2) is 24.5 Å². The van der Waals surface area contributed by atoms with Crippen molar-refractivity contribution >= 4 is 11.9 Å². The van der Waals surface area contributed by atoms with Gasteiger partial charge in [-0.3, -0.25) is 9.36 Å². The predicted molar refractivity (Wildman–Crippen MR) is 81.4 cm³/mol. The van der Waals surface area contributed by atoms with Crippen molar-refractivity contribution < 1.29 is 19.4 Å². The van der Waals surface area contributed by atoms with Gasteiger partial charge in [-0.05, 0) is 39.8 Å². The topological polar surface area (TPSA) is 99.2 Å². The molecule has 0 spiro atoms. The van der Waals surface area contributed by atoms with Gasteiger partial charge < -0.3 is 9.84 Å². The lowest BCUT2D eigenvalue weighted by Crippen LogP contribution is -2.34. The lowest BCUT2D eigenvalue weighted by molar-refractivity contribution is 0.0330. The van der Waals surface area contributed by atoms with E-state index in [9.17, 15) is 9.59 Å². The monoisotopic (exact) mass is 320 g/mol. The average molecular weight is 320 g/mol. The summed E-state index contributed by atoms with van der Waals surface area (Å²) in [6, 6.07) is 3.16. The van der Waals surface area contributed by atoms with Crippen LogP contribution in [0.5, 0.6) is 0 Å². The van der Waals surface area contributed by atoms with E-state index in [0.29, 0.717) is 0 Å². The number of hydrogen-bond donors (Lipinski definition) is 1. The molecule has 2 aromatic rings. The van der Waals surface area contributed by atoms with E-state index in [2.05, 4.69) is 10.2 Å². The summed E-state index contributed by atoms with van der Waals surface area (Å²) < 4.78 is 8.43. The van der Waals surface area contributed by atoms with E-state index in [1.54, 1.807) is 37.0 Å². The van der Waals surface area contributed by atoms with Gasteiger partial charge in [-0.25, -0.2) is 9.59 Å². The maximum absolute atomic E-state index is 12.1. The first-order valence-corrected chi connectivity index (χ1v) is 7.22. The smallest absolute Gasteiger partial charge is 0.358 e. The van der Waals surface area contributed by atoms with Gasteiger partial charge in [-0.15, -0.1) is 0 Å². The zero-order chi connectivity index (χ0) is 17.2. The third-order valence-corrected chi connectivity index (χ3v) is 3.33. The molecular weight excluding hydrogens is 300 g/mol. The Bertz CT molecular complexity index is 715. The highest BCUT2D eigenvalue weighted by atomic mass is 16.5. The van der Waals surface area contributed by atoms with Crippen LogP contribution in [0.2, 0.25) is 0 Å². The first kappa shape index (κ1) is 16.7. The van der Waals surface area contributed by atoms with Crippen LogP contribution in [-0.2, 0) is 10.3 Å². The highest BCUT2D eigenvalue weighted by Crippen LogP contribution is 2.16. The molecule has 8 nitrogen and oxygen atoms in total. The van der Waals surface area contributed by atoms with Crippen LogP contribution in [0, 0.1) is 0 Å². The number of aromatic carboxylic acids is 1. The average Bonchev–Trinajstić information content (AvgIpc) is 3.13. The largest absolute Gasteiger partial charge is 0.476 e. The lowest BCUT2D eigenvalue weighted by Gasteiger charge is -2.24. The third kappa shape index (κ3) is 3.77. The molecule has 124 valence electrons. The molecule has 0 aromatic carbocycles. The van der Waals surface area contributed by atoms with E-state index in [1.807, 2.05) is 13.8 Å². The van der Waals surface area contributed by atoms with E-state index in [-0.39, 0.29) is 24.0 Å². The second-order valence-corrected chi connectivity index (χ2v) is 6.11. The second-order valence-electron chi connectivity index (χ2n) is 6.11. The minimum atomic E-state index is -1.10. The molecular formula is C15H20N4O4. The fraction of sp³-hybridized carbons (Fsp3) is 0.467. The first-order valence-electron chi connectivity index (χ1n) is 7.22. The third-order valence-electron chi connectivity index (χ3n) is 3.33. The zero-order valence-electron chi connectivity index (χ0n) is 13.6. The normalized spacial score (nSPS) is 11.7. The number of ether oxygens (including phenoxy) is 1. The number of carboxylic acids is 1. The van der Waals surface area contributed by atoms with Gasteiger partial charge in [0.1, 0.15) is 6.61 Å². The minimum Gasteiger partial charge on any atom is -0.476 e. The molecule has 0 aliphatic heterocycles. The van der Waals surface area contributed by atoms with Crippen LogP contribution in [-0.4, -0.2) is 43.2 Å². The molecule has 0 fully saturated rings. The molecule has 2 heterocycles. The summed E-state index contributed by atoms with van der Waals surface area (Å²) in [7, 11) is 0. The Morgan fingerprint density at radius 2 is 1.87 bits per heavy atom. The van der Waals surface area contributed by atoms with Crippen molar-refractivity contribution in [3.63, 3.8) is 0 Å². The molecule has 0 bridgehead atoms. The van der Waals surface area contributed by atoms with Gasteiger partial charge in [-0.1, -0.05) is 0 Å². The summed E-state index contributed by atoms with van der Waals surface area (Å²) in [6.45, 7) is 7.56. The van der Waals surface area contributed by atoms with Crippen LogP contribution in [0.4, 0.5) is 0 Å². The number of nitrogens with zero attached hydrogens (tertiary/aromatic N) is 4. The summed E-state index contributed by atoms with van der Waals surface area (Å²) in [5, 5.41) is 17.0. The molecule has 1 N–H and O–H groups in total. The number of rotatable bonds is 6. The van der Waals surface area contributed by atoms with Gasteiger partial charge in [0, 0.05) is 18.4 Å². The summed E-state index contributed by atoms with van der Waals surface area (Å²) >= 11 is 0. The fourth-order valence-corrected chi connectivity index (χ4v) is 1.89. The zero-order valence-corrected chi connectivity index (χ0v) is 13.6. The number of esters is 1. The van der Waals surface area contributed by atoms with Crippen molar-refractivity contribution in [2.45, 2.75) is 39.3 Å². The second kappa shape index (κ2) is 6.23. The van der Waals surface area contributed by atoms with Crippen LogP contribution in [0.3, 0.4) is 0 Å². The number of hydrogen-bond acceptors (Lipinski definition) is 5. The Morgan fingerprint density at radius 1 is 1.22 bits per heavy atom. The van der Waals surface area contributed by atoms with Crippen LogP contribution >= 0.6 is 0 Å². The van der Waals surface area contributed by atoms with Gasteiger partial charge >= 0.3 is 11.9 Å². The van der Waals surface area contributed by atoms with Crippen molar-refractivity contribution in [1.29, 1.82) is 0 Å². The molecule has 0 amide bonds. The molecule has 0 unspecified atom stereocenters. The van der Waals surface area contributed by atoms with E-state index in [0.717, 1.165) is 0 Å². The Hall–Kier alpha value is -2.64. The standard InChI is InChI=1S/C15H20N4O4/c1-10(2)18-7-5-12(16-18)14(22)23-9-15(3,4)19-8-6-11(17-19)13(20)21/h5-8,10H,9H2,1-4H3,(H,20,21). The highest BCUT2D eigenvalue weighted by Gasteiger charge is 2.25. The first-order chi connectivity index (χ1) is 10.7. The quantitative estimate of drug-likeness (QED) is 0.817. The molecule has 0 atom stereocenters. The fourth-order valence-electron chi connectivity index (χ4n) is 1.89. The molecule has 0 saturated heterocycles. The Labute approximate surface area is 133 Å². The summed E-state index contributed by atoms with van der Waals surface area (Å²) in [5.41, 5.74) is -0.495. The molecule has 8 heteroatoms. The molecule has 0 saturated carbocycles. The van der Waals surface area contributed by atoms with Gasteiger partial charge in [0.05, 0.1) is 5.54 Å². The predicted octanol–water partition coefficient (Wildman–Crippen LogP) is 1.95. The molecule has 23 heavy (non-hydrogen) atoms. The van der Waals surface area contributed by atoms with E-state index in [1.165, 1.54) is 10.7 Å². The van der Waals surface area contributed by atoms with Gasteiger partial charge in [0.2, 0.25) is 0 Å². The van der Waals surface area contributed by atoms with Crippen LogP contribution in [0.25, 0.3) is 0 Å². The maximum atomic E-state index is 12.1. The van der Waals surface area contributed by atoms with Crippen molar-refractivity contribution in [2.24, 2.45) is 0 Å². The van der Waals surface area contributed by atoms with E-state index < -0.39 is 17.5 Å². The molecule has 2 aromatic heterocycles. The molecule has 0 radical (unpaired) electrons. The van der Waals surface area contributed by atoms with Gasteiger partial charge in [0.15, 0.2) is 11.4 Å². The SMILES string of the molecule is CC(C)n1ccc(C(=O)OCC(C)(C)n2ccc(C(=O)O)n2)n1. The highest BCUT2D eigenvalue weighted by molar-refractivity contribution is 5.87. The minimum absolute atomic E-state index is 0.0428. The van der Waals surface area contributed by atoms with E-state index in [4.69, 9.17) is 9.84 Å². The Kier molecular flexibility index (Phi) is 4.53. The molecule has 0 aliphatic carbocycles. The van der Waals surface area contributed by atoms with Crippen molar-refractivity contribution in [1.82, 2.24) is 19.6 Å².